The first-order valence-corrected chi connectivity index (χ1v) is 4.76. The molecule has 1 aliphatic carbocycles. The van der Waals surface area contributed by atoms with Crippen LogP contribution in [-0.4, -0.2) is 17.0 Å². The Hall–Kier alpha value is -1.06. The molecule has 1 aliphatic rings. The van der Waals surface area contributed by atoms with E-state index in [-0.39, 0.29) is 0 Å². The number of hydrogen-bond acceptors (Lipinski definition) is 2. The number of carbonyl (C=O) groups excluding carboxylic acids is 1. The quantitative estimate of drug-likeness (QED) is 0.696. The molecule has 80 valence electrons. The van der Waals surface area contributed by atoms with Crippen molar-refractivity contribution in [2.75, 3.05) is 0 Å². The molecule has 14 heavy (non-hydrogen) atoms. The second-order valence-corrected chi connectivity index (χ2v) is 4.85. The lowest BCUT2D eigenvalue weighted by Gasteiger charge is -2.37. The Morgan fingerprint density at radius 2 is 1.86 bits per heavy atom. The number of hydrogen-bond donors (Lipinski definition) is 2. The van der Waals surface area contributed by atoms with E-state index in [1.807, 2.05) is 13.8 Å². The second-order valence-electron chi connectivity index (χ2n) is 4.85. The topological polar surface area (TPSA) is 80.4 Å². The molecule has 1 saturated carbocycles. The summed E-state index contributed by atoms with van der Waals surface area (Å²) in [4.78, 5) is 22.3. The maximum absolute atomic E-state index is 11.3. The molecule has 0 saturated heterocycles. The summed E-state index contributed by atoms with van der Waals surface area (Å²) in [6.07, 6.45) is 1.09. The molecule has 0 aliphatic heterocycles. The summed E-state index contributed by atoms with van der Waals surface area (Å²) in [5.41, 5.74) is 4.07. The molecule has 4 nitrogen and oxygen atoms in total. The van der Waals surface area contributed by atoms with Gasteiger partial charge in [-0.15, -0.1) is 0 Å². The molecule has 0 radical (unpaired) electrons. The van der Waals surface area contributed by atoms with Crippen molar-refractivity contribution in [3.63, 3.8) is 0 Å². The van der Waals surface area contributed by atoms with E-state index < -0.39 is 28.6 Å². The molecule has 0 heterocycles. The minimum Gasteiger partial charge on any atom is -0.481 e. The van der Waals surface area contributed by atoms with Gasteiger partial charge in [0, 0.05) is 0 Å². The minimum absolute atomic E-state index is 0.397. The van der Waals surface area contributed by atoms with Crippen LogP contribution in [0.25, 0.3) is 0 Å². The van der Waals surface area contributed by atoms with Crippen LogP contribution in [0.15, 0.2) is 0 Å². The van der Waals surface area contributed by atoms with Gasteiger partial charge in [0.1, 0.15) is 0 Å². The Morgan fingerprint density at radius 3 is 2.07 bits per heavy atom. The maximum Gasteiger partial charge on any atom is 0.307 e. The van der Waals surface area contributed by atoms with Crippen LogP contribution >= 0.6 is 0 Å². The summed E-state index contributed by atoms with van der Waals surface area (Å²) in [7, 11) is 0. The van der Waals surface area contributed by atoms with Crippen LogP contribution in [0.3, 0.4) is 0 Å². The first-order chi connectivity index (χ1) is 6.23. The Labute approximate surface area is 83.5 Å². The van der Waals surface area contributed by atoms with Gasteiger partial charge >= 0.3 is 5.97 Å². The second kappa shape index (κ2) is 2.97. The van der Waals surface area contributed by atoms with Gasteiger partial charge in [-0.3, -0.25) is 9.59 Å². The Balaban J connectivity index is 3.08. The van der Waals surface area contributed by atoms with Crippen molar-refractivity contribution in [2.45, 2.75) is 33.6 Å². The van der Waals surface area contributed by atoms with Gasteiger partial charge in [0.15, 0.2) is 0 Å². The van der Waals surface area contributed by atoms with Crippen LogP contribution in [0.1, 0.15) is 33.6 Å². The summed E-state index contributed by atoms with van der Waals surface area (Å²) < 4.78 is 0. The Bertz CT molecular complexity index is 285. The van der Waals surface area contributed by atoms with Crippen molar-refractivity contribution in [2.24, 2.45) is 22.5 Å². The van der Waals surface area contributed by atoms with Crippen molar-refractivity contribution in [3.05, 3.63) is 0 Å². The van der Waals surface area contributed by atoms with Gasteiger partial charge in [-0.2, -0.15) is 0 Å². The van der Waals surface area contributed by atoms with Gasteiger partial charge < -0.3 is 10.8 Å². The predicted octanol–water partition coefficient (Wildman–Crippen LogP) is 0.999. The van der Waals surface area contributed by atoms with Gasteiger partial charge in [-0.05, 0) is 18.3 Å². The average Bonchev–Trinajstić information content (AvgIpc) is 2.24. The standard InChI is InChI=1S/C10H17NO3/c1-9(2)6(7(12)13)4-5-10(9,3)8(11)14/h6H,4-5H2,1-3H3,(H2,11,14)(H,12,13)/t6-,10-/m0/s1. The monoisotopic (exact) mass is 199 g/mol. The predicted molar refractivity (Wildman–Crippen MR) is 51.4 cm³/mol. The van der Waals surface area contributed by atoms with Crippen LogP contribution in [0.4, 0.5) is 0 Å². The summed E-state index contributed by atoms with van der Waals surface area (Å²) in [5, 5.41) is 9.01. The van der Waals surface area contributed by atoms with Crippen LogP contribution in [0.2, 0.25) is 0 Å². The van der Waals surface area contributed by atoms with E-state index in [1.165, 1.54) is 0 Å². The highest BCUT2D eigenvalue weighted by Gasteiger charge is 2.57. The van der Waals surface area contributed by atoms with Crippen molar-refractivity contribution in [1.29, 1.82) is 0 Å². The third kappa shape index (κ3) is 1.21. The van der Waals surface area contributed by atoms with Crippen molar-refractivity contribution >= 4 is 11.9 Å². The van der Waals surface area contributed by atoms with E-state index in [0.717, 1.165) is 0 Å². The third-order valence-corrected chi connectivity index (χ3v) is 4.07. The van der Waals surface area contributed by atoms with Crippen molar-refractivity contribution in [1.82, 2.24) is 0 Å². The van der Waals surface area contributed by atoms with Crippen LogP contribution in [-0.2, 0) is 9.59 Å². The largest absolute Gasteiger partial charge is 0.481 e. The average molecular weight is 199 g/mol. The van der Waals surface area contributed by atoms with Gasteiger partial charge in [0.05, 0.1) is 11.3 Å². The molecule has 0 aromatic heterocycles. The smallest absolute Gasteiger partial charge is 0.307 e. The molecule has 0 bridgehead atoms. The zero-order valence-electron chi connectivity index (χ0n) is 8.83. The third-order valence-electron chi connectivity index (χ3n) is 4.07. The lowest BCUT2D eigenvalue weighted by atomic mass is 9.65. The number of carbonyl (C=O) groups is 2. The molecule has 1 amide bonds. The number of nitrogens with two attached hydrogens (primary N) is 1. The van der Waals surface area contributed by atoms with E-state index in [1.54, 1.807) is 6.92 Å². The molecular weight excluding hydrogens is 182 g/mol. The zero-order chi connectivity index (χ0) is 11.1. The zero-order valence-corrected chi connectivity index (χ0v) is 8.83. The fourth-order valence-corrected chi connectivity index (χ4v) is 2.37. The number of carboxylic acid groups (broad SMARTS) is 1. The van der Waals surface area contributed by atoms with E-state index in [2.05, 4.69) is 0 Å². The van der Waals surface area contributed by atoms with Crippen molar-refractivity contribution in [3.8, 4) is 0 Å². The lowest BCUT2D eigenvalue weighted by molar-refractivity contribution is -0.148. The fraction of sp³-hybridized carbons (Fsp3) is 0.800. The number of carboxylic acids is 1. The van der Waals surface area contributed by atoms with Gasteiger partial charge in [-0.25, -0.2) is 0 Å². The molecule has 0 spiro atoms. The summed E-state index contributed by atoms with van der Waals surface area (Å²) in [6.45, 7) is 5.38. The summed E-state index contributed by atoms with van der Waals surface area (Å²) in [5.74, 6) is -1.70. The van der Waals surface area contributed by atoms with Gasteiger partial charge in [-0.1, -0.05) is 20.8 Å². The first kappa shape index (κ1) is 11.0. The molecular formula is C10H17NO3. The molecule has 1 rings (SSSR count). The number of amides is 1. The normalized spacial score (nSPS) is 35.5. The number of rotatable bonds is 2. The van der Waals surface area contributed by atoms with E-state index >= 15 is 0 Å². The highest BCUT2D eigenvalue weighted by Crippen LogP contribution is 2.55. The molecule has 2 atom stereocenters. The van der Waals surface area contributed by atoms with E-state index in [0.29, 0.717) is 12.8 Å². The van der Waals surface area contributed by atoms with E-state index in [4.69, 9.17) is 10.8 Å². The van der Waals surface area contributed by atoms with E-state index in [9.17, 15) is 9.59 Å². The highest BCUT2D eigenvalue weighted by atomic mass is 16.4. The lowest BCUT2D eigenvalue weighted by Crippen LogP contribution is -2.45. The molecule has 1 fully saturated rings. The molecule has 3 N–H and O–H groups in total. The summed E-state index contributed by atoms with van der Waals surface area (Å²) >= 11 is 0. The molecule has 4 heteroatoms. The molecule has 0 aromatic rings. The number of aliphatic carboxylic acids is 1. The number of primary amides is 1. The van der Waals surface area contributed by atoms with Gasteiger partial charge in [0.25, 0.3) is 0 Å². The van der Waals surface area contributed by atoms with Crippen LogP contribution in [0.5, 0.6) is 0 Å². The van der Waals surface area contributed by atoms with Gasteiger partial charge in [0.2, 0.25) is 5.91 Å². The van der Waals surface area contributed by atoms with Crippen LogP contribution < -0.4 is 5.73 Å². The Morgan fingerprint density at radius 1 is 1.36 bits per heavy atom. The minimum atomic E-state index is -0.833. The summed E-state index contributed by atoms with van der Waals surface area (Å²) in [6, 6.07) is 0. The highest BCUT2D eigenvalue weighted by molar-refractivity contribution is 5.84. The maximum atomic E-state index is 11.3. The van der Waals surface area contributed by atoms with Crippen molar-refractivity contribution < 1.29 is 14.7 Å². The molecule has 0 aromatic carbocycles. The fourth-order valence-electron chi connectivity index (χ4n) is 2.37. The molecule has 0 unspecified atom stereocenters. The SMILES string of the molecule is CC1(C)[C@H](C(=O)O)CC[C@@]1(C)C(N)=O. The van der Waals surface area contributed by atoms with Crippen LogP contribution in [0, 0.1) is 16.7 Å². The Kier molecular flexibility index (Phi) is 2.34. The first-order valence-electron chi connectivity index (χ1n) is 4.76.